The molecule has 0 aliphatic carbocycles. The van der Waals surface area contributed by atoms with Crippen molar-refractivity contribution >= 4 is 11.8 Å². The van der Waals surface area contributed by atoms with Gasteiger partial charge in [-0.25, -0.2) is 4.79 Å². The van der Waals surface area contributed by atoms with Gasteiger partial charge >= 0.3 is 5.97 Å². The predicted octanol–water partition coefficient (Wildman–Crippen LogP) is 1.44. The van der Waals surface area contributed by atoms with Gasteiger partial charge in [0.25, 0.3) is 0 Å². The van der Waals surface area contributed by atoms with Crippen LogP contribution in [-0.4, -0.2) is 28.5 Å². The van der Waals surface area contributed by atoms with Gasteiger partial charge in [-0.15, -0.1) is 0 Å². The fraction of sp³-hybridized carbons (Fsp3) is 0.235. The van der Waals surface area contributed by atoms with Gasteiger partial charge in [0.15, 0.2) is 13.2 Å². The molecule has 2 rings (SSSR count). The maximum atomic E-state index is 11.9. The molecule has 0 saturated carbocycles. The number of hydrogen-bond donors (Lipinski definition) is 1. The summed E-state index contributed by atoms with van der Waals surface area (Å²) in [6.07, 6.45) is 0. The molecule has 9 nitrogen and oxygen atoms in total. The van der Waals surface area contributed by atoms with Crippen LogP contribution in [-0.2, 0) is 16.1 Å². The summed E-state index contributed by atoms with van der Waals surface area (Å²) in [6, 6.07) is 7.78. The molecule has 26 heavy (non-hydrogen) atoms. The minimum Gasteiger partial charge on any atom is -0.485 e. The van der Waals surface area contributed by atoms with Crippen LogP contribution in [0.3, 0.4) is 0 Å². The Labute approximate surface area is 149 Å². The maximum absolute atomic E-state index is 11.9. The average molecular weight is 356 g/mol. The Kier molecular flexibility index (Phi) is 6.06. The largest absolute Gasteiger partial charge is 0.485 e. The molecule has 0 fully saturated rings. The summed E-state index contributed by atoms with van der Waals surface area (Å²) in [5, 5.41) is 12.5. The van der Waals surface area contributed by atoms with E-state index in [0.717, 1.165) is 0 Å². The molecular formula is C17H16N4O5. The van der Waals surface area contributed by atoms with Gasteiger partial charge in [0.1, 0.15) is 17.4 Å². The highest BCUT2D eigenvalue weighted by Gasteiger charge is 2.15. The van der Waals surface area contributed by atoms with Crippen molar-refractivity contribution in [3.05, 3.63) is 52.8 Å². The van der Waals surface area contributed by atoms with Crippen molar-refractivity contribution in [3.63, 3.8) is 0 Å². The quantitative estimate of drug-likeness (QED) is 0.443. The monoisotopic (exact) mass is 356 g/mol. The Morgan fingerprint density at radius 3 is 2.54 bits per heavy atom. The molecule has 1 aromatic heterocycles. The molecule has 0 bridgehead atoms. The van der Waals surface area contributed by atoms with E-state index < -0.39 is 18.4 Å². The zero-order valence-corrected chi connectivity index (χ0v) is 14.2. The lowest BCUT2D eigenvalue weighted by Crippen LogP contribution is -2.17. The van der Waals surface area contributed by atoms with Gasteiger partial charge in [-0.05, 0) is 31.2 Å². The molecule has 0 aliphatic rings. The van der Waals surface area contributed by atoms with Gasteiger partial charge in [0.05, 0.1) is 5.56 Å². The highest BCUT2D eigenvalue weighted by molar-refractivity contribution is 6.02. The first kappa shape index (κ1) is 18.7. The summed E-state index contributed by atoms with van der Waals surface area (Å²) in [7, 11) is 0. The minimum atomic E-state index is -0.703. The molecule has 2 N–H and O–H groups in total. The standard InChI is InChI=1S/C17H16N4O5/c1-10(19)14(7-18)15(22)8-25-17(23)12-3-5-13(6-4-12)24-9-16-20-11(2)26-21-16/h3-6H,8-9,19H2,1-2H3. The van der Waals surface area contributed by atoms with Crippen molar-refractivity contribution < 1.29 is 23.6 Å². The number of rotatable bonds is 7. The van der Waals surface area contributed by atoms with Gasteiger partial charge in [-0.3, -0.25) is 4.79 Å². The Balaban J connectivity index is 1.89. The fourth-order valence-electron chi connectivity index (χ4n) is 1.89. The summed E-state index contributed by atoms with van der Waals surface area (Å²) in [4.78, 5) is 27.7. The second-order valence-electron chi connectivity index (χ2n) is 5.21. The Morgan fingerprint density at radius 2 is 2.00 bits per heavy atom. The Hall–Kier alpha value is -3.67. The SMILES string of the molecule is CC(N)=C(C#N)C(=O)COC(=O)c1ccc(OCc2noc(C)n2)cc1. The van der Waals surface area contributed by atoms with Gasteiger partial charge in [0, 0.05) is 12.6 Å². The topological polar surface area (TPSA) is 141 Å². The highest BCUT2D eigenvalue weighted by Crippen LogP contribution is 2.14. The molecule has 0 amide bonds. The molecule has 9 heteroatoms. The van der Waals surface area contributed by atoms with Crippen molar-refractivity contribution in [2.24, 2.45) is 5.73 Å². The van der Waals surface area contributed by atoms with E-state index >= 15 is 0 Å². The first-order valence-electron chi connectivity index (χ1n) is 7.49. The van der Waals surface area contributed by atoms with Gasteiger partial charge in [0.2, 0.25) is 17.5 Å². The van der Waals surface area contributed by atoms with E-state index in [2.05, 4.69) is 10.1 Å². The molecule has 1 aromatic carbocycles. The Morgan fingerprint density at radius 1 is 1.31 bits per heavy atom. The molecule has 0 atom stereocenters. The zero-order chi connectivity index (χ0) is 19.1. The van der Waals surface area contributed by atoms with Crippen LogP contribution in [0.15, 0.2) is 40.1 Å². The molecule has 0 unspecified atom stereocenters. The molecule has 134 valence electrons. The van der Waals surface area contributed by atoms with E-state index in [1.807, 2.05) is 0 Å². The van der Waals surface area contributed by atoms with E-state index in [9.17, 15) is 9.59 Å². The van der Waals surface area contributed by atoms with Crippen LogP contribution in [0, 0.1) is 18.3 Å². The number of benzene rings is 1. The smallest absolute Gasteiger partial charge is 0.338 e. The number of aryl methyl sites for hydroxylation is 1. The summed E-state index contributed by atoms with van der Waals surface area (Å²) >= 11 is 0. The van der Waals surface area contributed by atoms with E-state index in [-0.39, 0.29) is 23.4 Å². The lowest BCUT2D eigenvalue weighted by Gasteiger charge is -2.06. The van der Waals surface area contributed by atoms with Crippen LogP contribution in [0.5, 0.6) is 5.75 Å². The molecule has 0 spiro atoms. The third-order valence-electron chi connectivity index (χ3n) is 3.15. The van der Waals surface area contributed by atoms with Crippen LogP contribution in [0.25, 0.3) is 0 Å². The normalized spacial score (nSPS) is 11.3. The van der Waals surface area contributed by atoms with Gasteiger partial charge in [-0.1, -0.05) is 5.16 Å². The molecule has 0 radical (unpaired) electrons. The Bertz CT molecular complexity index is 873. The lowest BCUT2D eigenvalue weighted by molar-refractivity contribution is -0.118. The van der Waals surface area contributed by atoms with E-state index in [0.29, 0.717) is 17.5 Å². The second-order valence-corrected chi connectivity index (χ2v) is 5.21. The maximum Gasteiger partial charge on any atom is 0.338 e. The van der Waals surface area contributed by atoms with Crippen LogP contribution < -0.4 is 10.5 Å². The molecule has 1 heterocycles. The number of nitrogens with zero attached hydrogens (tertiary/aromatic N) is 3. The third-order valence-corrected chi connectivity index (χ3v) is 3.15. The van der Waals surface area contributed by atoms with Crippen LogP contribution in [0.4, 0.5) is 0 Å². The number of allylic oxidation sites excluding steroid dienone is 1. The number of carbonyl (C=O) groups is 2. The molecule has 0 aliphatic heterocycles. The number of ketones is 1. The minimum absolute atomic E-state index is 0.0758. The summed E-state index contributed by atoms with van der Waals surface area (Å²) in [6.45, 7) is 2.65. The second kappa shape index (κ2) is 8.43. The van der Waals surface area contributed by atoms with Crippen LogP contribution in [0.1, 0.15) is 29.0 Å². The van der Waals surface area contributed by atoms with Crippen LogP contribution >= 0.6 is 0 Å². The van der Waals surface area contributed by atoms with E-state index in [1.165, 1.54) is 19.1 Å². The first-order valence-corrected chi connectivity index (χ1v) is 7.49. The van der Waals surface area contributed by atoms with Crippen molar-refractivity contribution in [1.29, 1.82) is 5.26 Å². The zero-order valence-electron chi connectivity index (χ0n) is 14.2. The van der Waals surface area contributed by atoms with Gasteiger partial charge in [-0.2, -0.15) is 10.2 Å². The number of aromatic nitrogens is 2. The first-order chi connectivity index (χ1) is 12.4. The number of carbonyl (C=O) groups excluding carboxylic acids is 2. The number of ether oxygens (including phenoxy) is 2. The number of nitrogens with two attached hydrogens (primary N) is 1. The van der Waals surface area contributed by atoms with Crippen molar-refractivity contribution in [1.82, 2.24) is 10.1 Å². The van der Waals surface area contributed by atoms with Crippen molar-refractivity contribution in [2.45, 2.75) is 20.5 Å². The number of hydrogen-bond acceptors (Lipinski definition) is 9. The molecular weight excluding hydrogens is 340 g/mol. The molecule has 2 aromatic rings. The average Bonchev–Trinajstić information content (AvgIpc) is 3.04. The van der Waals surface area contributed by atoms with E-state index in [4.69, 9.17) is 25.0 Å². The summed E-state index contributed by atoms with van der Waals surface area (Å²) in [5.41, 5.74) is 5.50. The number of esters is 1. The van der Waals surface area contributed by atoms with Crippen LogP contribution in [0.2, 0.25) is 0 Å². The van der Waals surface area contributed by atoms with E-state index in [1.54, 1.807) is 25.1 Å². The van der Waals surface area contributed by atoms with Crippen molar-refractivity contribution in [2.75, 3.05) is 6.61 Å². The number of Topliss-reactive ketones (excluding diaryl/α,β-unsaturated/α-hetero) is 1. The predicted molar refractivity (Wildman–Crippen MR) is 87.6 cm³/mol. The number of nitriles is 1. The third kappa shape index (κ3) is 4.91. The summed E-state index contributed by atoms with van der Waals surface area (Å²) in [5.74, 6) is -0.0214. The molecule has 0 saturated heterocycles. The fourth-order valence-corrected chi connectivity index (χ4v) is 1.89. The lowest BCUT2D eigenvalue weighted by atomic mass is 10.1. The van der Waals surface area contributed by atoms with Crippen molar-refractivity contribution in [3.8, 4) is 11.8 Å². The highest BCUT2D eigenvalue weighted by atomic mass is 16.5. The summed E-state index contributed by atoms with van der Waals surface area (Å²) < 4.78 is 15.2. The van der Waals surface area contributed by atoms with Gasteiger partial charge < -0.3 is 19.7 Å².